The number of ether oxygens (including phenoxy) is 1. The Hall–Kier alpha value is -3.62. The molecule has 9 heteroatoms. The second-order valence-corrected chi connectivity index (χ2v) is 8.18. The smallest absolute Gasteiger partial charge is 0.324 e. The minimum atomic E-state index is -0.646. The molecule has 1 atom stereocenters. The summed E-state index contributed by atoms with van der Waals surface area (Å²) in [7, 11) is 1.61. The van der Waals surface area contributed by atoms with Crippen LogP contribution in [0.2, 0.25) is 0 Å². The quantitative estimate of drug-likeness (QED) is 0.614. The van der Waals surface area contributed by atoms with Gasteiger partial charge in [-0.3, -0.25) is 14.5 Å². The molecular formula is C24H29N5O4. The van der Waals surface area contributed by atoms with E-state index in [-0.39, 0.29) is 18.2 Å². The van der Waals surface area contributed by atoms with Crippen LogP contribution in [0, 0.1) is 0 Å². The van der Waals surface area contributed by atoms with Gasteiger partial charge in [-0.1, -0.05) is 18.2 Å². The summed E-state index contributed by atoms with van der Waals surface area (Å²) in [4.78, 5) is 47.3. The first-order chi connectivity index (χ1) is 16.0. The van der Waals surface area contributed by atoms with Crippen molar-refractivity contribution >= 4 is 23.7 Å². The Morgan fingerprint density at radius 2 is 1.85 bits per heavy atom. The number of benzene rings is 1. The fourth-order valence-corrected chi connectivity index (χ4v) is 4.17. The molecule has 174 valence electrons. The van der Waals surface area contributed by atoms with Crippen molar-refractivity contribution in [2.75, 3.05) is 44.7 Å². The van der Waals surface area contributed by atoms with Crippen LogP contribution in [-0.2, 0) is 16.0 Å². The number of carbonyl (C=O) groups is 3. The van der Waals surface area contributed by atoms with E-state index in [0.29, 0.717) is 32.5 Å². The van der Waals surface area contributed by atoms with Gasteiger partial charge in [0, 0.05) is 45.3 Å². The van der Waals surface area contributed by atoms with Crippen LogP contribution >= 0.6 is 0 Å². The molecule has 33 heavy (non-hydrogen) atoms. The number of piperazine rings is 1. The van der Waals surface area contributed by atoms with Crippen LogP contribution in [0.15, 0.2) is 48.7 Å². The Kier molecular flexibility index (Phi) is 7.07. The van der Waals surface area contributed by atoms with Gasteiger partial charge < -0.3 is 19.9 Å². The molecule has 3 heterocycles. The van der Waals surface area contributed by atoms with Crippen LogP contribution in [0.5, 0.6) is 5.75 Å². The van der Waals surface area contributed by atoms with E-state index in [1.165, 1.54) is 4.90 Å². The lowest BCUT2D eigenvalue weighted by Crippen LogP contribution is -2.49. The number of imide groups is 1. The van der Waals surface area contributed by atoms with E-state index in [0.717, 1.165) is 30.2 Å². The Labute approximate surface area is 193 Å². The number of hydrogen-bond donors (Lipinski definition) is 1. The highest BCUT2D eigenvalue weighted by molar-refractivity contribution is 6.04. The molecule has 2 aromatic rings. The molecule has 2 aliphatic rings. The Morgan fingerprint density at radius 3 is 2.52 bits per heavy atom. The number of pyridine rings is 1. The summed E-state index contributed by atoms with van der Waals surface area (Å²) in [5.41, 5.74) is 1.01. The maximum Gasteiger partial charge on any atom is 0.324 e. The molecule has 2 aliphatic heterocycles. The highest BCUT2D eigenvalue weighted by Crippen LogP contribution is 2.17. The maximum absolute atomic E-state index is 12.7. The number of aromatic nitrogens is 1. The van der Waals surface area contributed by atoms with Gasteiger partial charge in [-0.25, -0.2) is 9.78 Å². The zero-order valence-corrected chi connectivity index (χ0v) is 18.8. The Morgan fingerprint density at radius 1 is 1.09 bits per heavy atom. The number of anilines is 1. The van der Waals surface area contributed by atoms with Gasteiger partial charge in [0.15, 0.2) is 0 Å². The molecule has 0 saturated carbocycles. The number of nitrogens with zero attached hydrogens (tertiary/aromatic N) is 4. The lowest BCUT2D eigenvalue weighted by atomic mass is 10.1. The summed E-state index contributed by atoms with van der Waals surface area (Å²) < 4.78 is 5.15. The van der Waals surface area contributed by atoms with Gasteiger partial charge in [-0.2, -0.15) is 0 Å². The van der Waals surface area contributed by atoms with Crippen LogP contribution < -0.4 is 15.0 Å². The summed E-state index contributed by atoms with van der Waals surface area (Å²) in [5, 5.41) is 2.73. The third kappa shape index (κ3) is 5.42. The minimum Gasteiger partial charge on any atom is -0.497 e. The van der Waals surface area contributed by atoms with Crippen molar-refractivity contribution in [2.45, 2.75) is 25.3 Å². The van der Waals surface area contributed by atoms with Crippen molar-refractivity contribution in [3.05, 3.63) is 54.2 Å². The topological polar surface area (TPSA) is 95.1 Å². The fourth-order valence-electron chi connectivity index (χ4n) is 4.17. The molecular weight excluding hydrogens is 422 g/mol. The normalized spacial score (nSPS) is 18.5. The van der Waals surface area contributed by atoms with Gasteiger partial charge in [0.25, 0.3) is 5.91 Å². The standard InChI is InChI=1S/C24H29N5O4/c1-33-19-7-5-18(6-8-19)11-13-29-23(31)20(26-24(29)32)9-10-22(30)28-16-14-27(15-17-28)21-4-2-3-12-25-21/h2-8,12,20H,9-11,13-17H2,1H3,(H,26,32)/t20-/m0/s1. The first-order valence-electron chi connectivity index (χ1n) is 11.2. The zero-order valence-electron chi connectivity index (χ0n) is 18.8. The predicted molar refractivity (Wildman–Crippen MR) is 123 cm³/mol. The molecule has 0 aliphatic carbocycles. The molecule has 1 aromatic carbocycles. The fraction of sp³-hybridized carbons (Fsp3) is 0.417. The lowest BCUT2D eigenvalue weighted by Gasteiger charge is -2.35. The summed E-state index contributed by atoms with van der Waals surface area (Å²) in [6, 6.07) is 12.3. The van der Waals surface area contributed by atoms with Gasteiger partial charge >= 0.3 is 6.03 Å². The van der Waals surface area contributed by atoms with Crippen LogP contribution in [0.25, 0.3) is 0 Å². The minimum absolute atomic E-state index is 0.00871. The number of urea groups is 1. The van der Waals surface area contributed by atoms with Gasteiger partial charge in [0.1, 0.15) is 17.6 Å². The molecule has 4 rings (SSSR count). The van der Waals surface area contributed by atoms with Crippen LogP contribution in [0.4, 0.5) is 10.6 Å². The SMILES string of the molecule is COc1ccc(CCN2C(=O)N[C@@H](CCC(=O)N3CCN(c4ccccn4)CC3)C2=O)cc1. The molecule has 0 spiro atoms. The number of carbonyl (C=O) groups excluding carboxylic acids is 3. The van der Waals surface area contributed by atoms with Crippen molar-refractivity contribution in [3.63, 3.8) is 0 Å². The zero-order chi connectivity index (χ0) is 23.2. The van der Waals surface area contributed by atoms with E-state index in [9.17, 15) is 14.4 Å². The van der Waals surface area contributed by atoms with Gasteiger partial charge in [0.2, 0.25) is 5.91 Å². The van der Waals surface area contributed by atoms with Crippen molar-refractivity contribution in [3.8, 4) is 5.75 Å². The van der Waals surface area contributed by atoms with Crippen LogP contribution in [-0.4, -0.2) is 78.5 Å². The molecule has 4 amide bonds. The summed E-state index contributed by atoms with van der Waals surface area (Å²) in [6.07, 6.45) is 2.87. The maximum atomic E-state index is 12.7. The molecule has 2 fully saturated rings. The molecule has 0 radical (unpaired) electrons. The second-order valence-electron chi connectivity index (χ2n) is 8.18. The third-order valence-electron chi connectivity index (χ3n) is 6.14. The van der Waals surface area contributed by atoms with E-state index in [1.807, 2.05) is 47.4 Å². The number of rotatable bonds is 8. The molecule has 9 nitrogen and oxygen atoms in total. The van der Waals surface area contributed by atoms with Crippen LogP contribution in [0.3, 0.4) is 0 Å². The van der Waals surface area contributed by atoms with E-state index in [1.54, 1.807) is 13.3 Å². The van der Waals surface area contributed by atoms with Crippen molar-refractivity contribution in [2.24, 2.45) is 0 Å². The van der Waals surface area contributed by atoms with E-state index in [4.69, 9.17) is 4.74 Å². The van der Waals surface area contributed by atoms with Crippen molar-refractivity contribution < 1.29 is 19.1 Å². The lowest BCUT2D eigenvalue weighted by molar-refractivity contribution is -0.132. The first-order valence-corrected chi connectivity index (χ1v) is 11.2. The first kappa shape index (κ1) is 22.6. The molecule has 0 bridgehead atoms. The largest absolute Gasteiger partial charge is 0.497 e. The van der Waals surface area contributed by atoms with Gasteiger partial charge in [0.05, 0.1) is 7.11 Å². The second kappa shape index (κ2) is 10.3. The van der Waals surface area contributed by atoms with Crippen molar-refractivity contribution in [1.29, 1.82) is 0 Å². The monoisotopic (exact) mass is 451 g/mol. The number of amides is 4. The molecule has 0 unspecified atom stereocenters. The summed E-state index contributed by atoms with van der Waals surface area (Å²) >= 11 is 0. The van der Waals surface area contributed by atoms with E-state index >= 15 is 0 Å². The highest BCUT2D eigenvalue weighted by atomic mass is 16.5. The highest BCUT2D eigenvalue weighted by Gasteiger charge is 2.37. The van der Waals surface area contributed by atoms with Gasteiger partial charge in [-0.15, -0.1) is 0 Å². The summed E-state index contributed by atoms with van der Waals surface area (Å²) in [6.45, 7) is 2.99. The number of nitrogens with one attached hydrogen (secondary N) is 1. The molecule has 1 N–H and O–H groups in total. The molecule has 1 aromatic heterocycles. The Balaban J connectivity index is 1.22. The average Bonchev–Trinajstić information content (AvgIpc) is 3.14. The van der Waals surface area contributed by atoms with Gasteiger partial charge in [-0.05, 0) is 42.7 Å². The predicted octanol–water partition coefficient (Wildman–Crippen LogP) is 1.68. The Bertz CT molecular complexity index is 974. The average molecular weight is 452 g/mol. The van der Waals surface area contributed by atoms with Crippen molar-refractivity contribution in [1.82, 2.24) is 20.1 Å². The third-order valence-corrected chi connectivity index (χ3v) is 6.14. The van der Waals surface area contributed by atoms with E-state index in [2.05, 4.69) is 15.2 Å². The number of methoxy groups -OCH3 is 1. The number of hydrogen-bond acceptors (Lipinski definition) is 6. The molecule has 2 saturated heterocycles. The van der Waals surface area contributed by atoms with Crippen LogP contribution in [0.1, 0.15) is 18.4 Å². The summed E-state index contributed by atoms with van der Waals surface area (Å²) in [5.74, 6) is 1.42. The van der Waals surface area contributed by atoms with E-state index < -0.39 is 12.1 Å².